The van der Waals surface area contributed by atoms with Crippen molar-refractivity contribution in [2.24, 2.45) is 5.41 Å². The maximum absolute atomic E-state index is 11.7. The lowest BCUT2D eigenvalue weighted by Gasteiger charge is -2.20. The van der Waals surface area contributed by atoms with Gasteiger partial charge in [-0.05, 0) is 80.9 Å². The number of carbonyl (C=O) groups is 1. The van der Waals surface area contributed by atoms with E-state index in [4.69, 9.17) is 4.74 Å². The van der Waals surface area contributed by atoms with Crippen molar-refractivity contribution in [3.05, 3.63) is 115 Å². The zero-order valence-electron chi connectivity index (χ0n) is 21.0. The lowest BCUT2D eigenvalue weighted by molar-refractivity contribution is -0.144. The van der Waals surface area contributed by atoms with Crippen molar-refractivity contribution in [3.8, 4) is 5.75 Å². The van der Waals surface area contributed by atoms with E-state index in [9.17, 15) is 17.8 Å². The molecule has 0 aliphatic heterocycles. The maximum atomic E-state index is 11.7. The van der Waals surface area contributed by atoms with E-state index in [0.717, 1.165) is 12.1 Å². The van der Waals surface area contributed by atoms with E-state index in [-0.39, 0.29) is 21.5 Å². The van der Waals surface area contributed by atoms with Crippen molar-refractivity contribution in [2.75, 3.05) is 0 Å². The Morgan fingerprint density at radius 2 is 1.11 bits per heavy atom. The van der Waals surface area contributed by atoms with Gasteiger partial charge in [0.1, 0.15) is 15.9 Å². The first-order valence-corrected chi connectivity index (χ1v) is 14.4. The fraction of sp³-hybridized carbons (Fsp3) is 0.167. The van der Waals surface area contributed by atoms with Gasteiger partial charge in [-0.25, -0.2) is 8.42 Å². The van der Waals surface area contributed by atoms with Gasteiger partial charge in [-0.2, -0.15) is 0 Å². The number of hydrogen-bond acceptors (Lipinski definition) is 5. The molecule has 0 N–H and O–H groups in total. The number of esters is 1. The molecule has 0 aliphatic carbocycles. The molecule has 0 radical (unpaired) electrons. The smallest absolute Gasteiger partial charge is 0.316 e. The SMILES string of the molecule is CCC(C)(C)C(=O)Oc1ccc(S(=O)(=O)[O-])cc1.c1ccc([S+](c2ccccc2)c2ccccc2)cc1. The molecule has 0 saturated heterocycles. The first kappa shape index (κ1) is 28.2. The molecule has 5 nitrogen and oxygen atoms in total. The highest BCUT2D eigenvalue weighted by Crippen LogP contribution is 2.30. The maximum Gasteiger partial charge on any atom is 0.316 e. The Kier molecular flexibility index (Phi) is 9.69. The normalized spacial score (nSPS) is 11.4. The van der Waals surface area contributed by atoms with E-state index in [1.807, 2.05) is 6.92 Å². The van der Waals surface area contributed by atoms with E-state index < -0.39 is 21.5 Å². The Balaban J connectivity index is 0.000000206. The molecule has 0 atom stereocenters. The molecule has 7 heteroatoms. The standard InChI is InChI=1S/C18H15S.C12H16O5S/c1-4-10-16(11-5-1)19(17-12-6-2-7-13-17)18-14-8-3-9-15-18;1-4-12(2,3)11(13)17-9-5-7-10(8-6-9)18(14,15)16/h1-15H;5-8H,4H2,1-3H3,(H,14,15,16)/q+1;/p-1. The summed E-state index contributed by atoms with van der Waals surface area (Å²) in [7, 11) is -4.49. The molecule has 0 amide bonds. The van der Waals surface area contributed by atoms with Crippen molar-refractivity contribution in [3.63, 3.8) is 0 Å². The summed E-state index contributed by atoms with van der Waals surface area (Å²) in [5.74, 6) is -0.184. The molecule has 0 saturated carbocycles. The Labute approximate surface area is 222 Å². The lowest BCUT2D eigenvalue weighted by Crippen LogP contribution is -2.28. The fourth-order valence-electron chi connectivity index (χ4n) is 3.14. The summed E-state index contributed by atoms with van der Waals surface area (Å²) in [6.07, 6.45) is 0.624. The summed E-state index contributed by atoms with van der Waals surface area (Å²) in [5, 5.41) is 0. The molecule has 4 aromatic carbocycles. The highest BCUT2D eigenvalue weighted by Gasteiger charge is 2.28. The minimum absolute atomic E-state index is 0.0146. The Morgan fingerprint density at radius 1 is 0.730 bits per heavy atom. The quantitative estimate of drug-likeness (QED) is 0.114. The zero-order chi connectivity index (χ0) is 26.9. The number of ether oxygens (including phenoxy) is 1. The lowest BCUT2D eigenvalue weighted by atomic mass is 9.91. The Morgan fingerprint density at radius 3 is 1.43 bits per heavy atom. The number of hydrogen-bond donors (Lipinski definition) is 0. The Hall–Kier alpha value is -3.39. The predicted octanol–water partition coefficient (Wildman–Crippen LogP) is 6.71. The molecule has 0 unspecified atom stereocenters. The third kappa shape index (κ3) is 8.05. The number of benzene rings is 4. The van der Waals surface area contributed by atoms with Crippen LogP contribution in [-0.2, 0) is 25.8 Å². The van der Waals surface area contributed by atoms with Crippen LogP contribution in [0, 0.1) is 5.41 Å². The average molecular weight is 535 g/mol. The van der Waals surface area contributed by atoms with Crippen molar-refractivity contribution < 1.29 is 22.5 Å². The van der Waals surface area contributed by atoms with Crippen molar-refractivity contribution >= 4 is 27.0 Å². The van der Waals surface area contributed by atoms with Gasteiger partial charge in [-0.15, -0.1) is 0 Å². The van der Waals surface area contributed by atoms with Crippen LogP contribution in [0.15, 0.2) is 135 Å². The summed E-state index contributed by atoms with van der Waals surface area (Å²) < 4.78 is 37.2. The second-order valence-corrected chi connectivity index (χ2v) is 12.2. The molecule has 0 heterocycles. The summed E-state index contributed by atoms with van der Waals surface area (Å²) in [5.41, 5.74) is -0.608. The molecule has 4 rings (SSSR count). The monoisotopic (exact) mass is 534 g/mol. The fourth-order valence-corrected chi connectivity index (χ4v) is 5.72. The van der Waals surface area contributed by atoms with Crippen LogP contribution >= 0.6 is 0 Å². The van der Waals surface area contributed by atoms with Crippen molar-refractivity contribution in [1.29, 1.82) is 0 Å². The van der Waals surface area contributed by atoms with Gasteiger partial charge in [0.05, 0.1) is 21.2 Å². The molecule has 37 heavy (non-hydrogen) atoms. The third-order valence-electron chi connectivity index (χ3n) is 5.70. The van der Waals surface area contributed by atoms with Crippen LogP contribution in [0.3, 0.4) is 0 Å². The molecular weight excluding hydrogens is 504 g/mol. The molecule has 0 aromatic heterocycles. The number of carbonyl (C=O) groups excluding carboxylic acids is 1. The minimum atomic E-state index is -4.47. The van der Waals surface area contributed by atoms with Crippen LogP contribution in [-0.4, -0.2) is 18.9 Å². The third-order valence-corrected chi connectivity index (χ3v) is 8.78. The van der Waals surface area contributed by atoms with Crippen LogP contribution in [0.5, 0.6) is 5.75 Å². The molecule has 0 spiro atoms. The van der Waals surface area contributed by atoms with Gasteiger partial charge < -0.3 is 9.29 Å². The van der Waals surface area contributed by atoms with Crippen molar-refractivity contribution in [2.45, 2.75) is 46.8 Å². The van der Waals surface area contributed by atoms with E-state index in [1.165, 1.54) is 26.8 Å². The van der Waals surface area contributed by atoms with Crippen molar-refractivity contribution in [1.82, 2.24) is 0 Å². The van der Waals surface area contributed by atoms with Crippen LogP contribution in [0.4, 0.5) is 0 Å². The molecule has 4 aromatic rings. The summed E-state index contributed by atoms with van der Waals surface area (Å²) in [4.78, 5) is 15.5. The molecule has 0 bridgehead atoms. The van der Waals surface area contributed by atoms with Crippen LogP contribution in [0.2, 0.25) is 0 Å². The second-order valence-electron chi connectivity index (χ2n) is 8.80. The molecule has 192 valence electrons. The first-order valence-electron chi connectivity index (χ1n) is 11.8. The van der Waals surface area contributed by atoms with E-state index in [0.29, 0.717) is 6.42 Å². The number of rotatable bonds is 7. The second kappa shape index (κ2) is 12.7. The summed E-state index contributed by atoms with van der Waals surface area (Å²) in [6, 6.07) is 37.0. The zero-order valence-corrected chi connectivity index (χ0v) is 22.7. The summed E-state index contributed by atoms with van der Waals surface area (Å²) >= 11 is 0. The molecule has 0 aliphatic rings. The highest BCUT2D eigenvalue weighted by atomic mass is 32.2. The van der Waals surface area contributed by atoms with Gasteiger partial charge in [0, 0.05) is 0 Å². The van der Waals surface area contributed by atoms with Gasteiger partial charge in [-0.3, -0.25) is 4.79 Å². The summed E-state index contributed by atoms with van der Waals surface area (Å²) in [6.45, 7) is 5.38. The van der Waals surface area contributed by atoms with E-state index in [1.54, 1.807) is 13.8 Å². The van der Waals surface area contributed by atoms with Crippen LogP contribution in [0.1, 0.15) is 27.2 Å². The highest BCUT2D eigenvalue weighted by molar-refractivity contribution is 7.97. The van der Waals surface area contributed by atoms with Gasteiger partial charge >= 0.3 is 5.97 Å². The van der Waals surface area contributed by atoms with Crippen LogP contribution in [0.25, 0.3) is 0 Å². The topological polar surface area (TPSA) is 83.5 Å². The van der Waals surface area contributed by atoms with E-state index >= 15 is 0 Å². The minimum Gasteiger partial charge on any atom is -0.744 e. The predicted molar refractivity (Wildman–Crippen MR) is 146 cm³/mol. The largest absolute Gasteiger partial charge is 0.744 e. The Bertz CT molecular complexity index is 1280. The first-order chi connectivity index (χ1) is 17.6. The van der Waals surface area contributed by atoms with Gasteiger partial charge in [0.25, 0.3) is 0 Å². The molecular formula is C30H30O5S2. The van der Waals surface area contributed by atoms with Crippen LogP contribution < -0.4 is 4.74 Å². The average Bonchev–Trinajstić information content (AvgIpc) is 2.91. The molecule has 0 fully saturated rings. The van der Waals surface area contributed by atoms with Gasteiger partial charge in [-0.1, -0.05) is 61.5 Å². The van der Waals surface area contributed by atoms with Gasteiger partial charge in [0.2, 0.25) is 0 Å². The van der Waals surface area contributed by atoms with E-state index in [2.05, 4.69) is 91.0 Å². The van der Waals surface area contributed by atoms with Gasteiger partial charge in [0.15, 0.2) is 14.7 Å².